The molecule has 0 unspecified atom stereocenters. The molecule has 0 aliphatic carbocycles. The van der Waals surface area contributed by atoms with Crippen LogP contribution < -0.4 is 4.74 Å². The van der Waals surface area contributed by atoms with Crippen molar-refractivity contribution >= 4 is 34.4 Å². The summed E-state index contributed by atoms with van der Waals surface area (Å²) < 4.78 is 5.32. The Morgan fingerprint density at radius 1 is 1.26 bits per heavy atom. The molecule has 3 aromatic rings. The fraction of sp³-hybridized carbons (Fsp3) is 0.0833. The first-order valence-electron chi connectivity index (χ1n) is 5.45. The predicted molar refractivity (Wildman–Crippen MR) is 73.8 cm³/mol. The van der Waals surface area contributed by atoms with Crippen molar-refractivity contribution in [3.05, 3.63) is 35.7 Å². The highest BCUT2D eigenvalue weighted by Gasteiger charge is 2.12. The lowest BCUT2D eigenvalue weighted by Gasteiger charge is -2.07. The summed E-state index contributed by atoms with van der Waals surface area (Å²) in [4.78, 5) is 9.28. The van der Waals surface area contributed by atoms with E-state index in [0.717, 1.165) is 21.1 Å². The summed E-state index contributed by atoms with van der Waals surface area (Å²) in [7, 11) is 1.64. The third-order valence-corrected chi connectivity index (χ3v) is 3.75. The normalized spacial score (nSPS) is 10.8. The van der Waals surface area contributed by atoms with E-state index in [-0.39, 0.29) is 5.28 Å². The van der Waals surface area contributed by atoms with E-state index in [1.807, 2.05) is 24.3 Å². The maximum Gasteiger partial charge on any atom is 0.225 e. The lowest BCUT2D eigenvalue weighted by molar-refractivity contribution is 0.405. The molecule has 7 heteroatoms. The molecule has 0 aliphatic rings. The SMILES string of the molecule is COc1ccccc1Sc1nc(Cl)nc2[nH]ncc12. The number of nitrogens with zero attached hydrogens (tertiary/aromatic N) is 3. The molecule has 0 radical (unpaired) electrons. The number of H-pyrrole nitrogens is 1. The van der Waals surface area contributed by atoms with E-state index in [2.05, 4.69) is 20.2 Å². The number of hydrogen-bond donors (Lipinski definition) is 1. The van der Waals surface area contributed by atoms with Gasteiger partial charge < -0.3 is 4.74 Å². The number of aromatic nitrogens is 4. The van der Waals surface area contributed by atoms with Crippen molar-refractivity contribution in [3.8, 4) is 5.75 Å². The van der Waals surface area contributed by atoms with Crippen LogP contribution in [0.15, 0.2) is 40.4 Å². The highest BCUT2D eigenvalue weighted by atomic mass is 35.5. The number of para-hydroxylation sites is 1. The number of aromatic amines is 1. The van der Waals surface area contributed by atoms with Crippen molar-refractivity contribution in [2.45, 2.75) is 9.92 Å². The van der Waals surface area contributed by atoms with Crippen molar-refractivity contribution in [1.29, 1.82) is 0 Å². The monoisotopic (exact) mass is 292 g/mol. The van der Waals surface area contributed by atoms with Gasteiger partial charge in [-0.3, -0.25) is 5.10 Å². The van der Waals surface area contributed by atoms with Gasteiger partial charge in [0.05, 0.1) is 23.6 Å². The van der Waals surface area contributed by atoms with Crippen molar-refractivity contribution in [3.63, 3.8) is 0 Å². The Morgan fingerprint density at radius 3 is 2.95 bits per heavy atom. The average Bonchev–Trinajstić information content (AvgIpc) is 2.87. The van der Waals surface area contributed by atoms with Gasteiger partial charge in [-0.05, 0) is 23.7 Å². The highest BCUT2D eigenvalue weighted by Crippen LogP contribution is 2.36. The number of rotatable bonds is 3. The number of ether oxygens (including phenoxy) is 1. The number of nitrogens with one attached hydrogen (secondary N) is 1. The Morgan fingerprint density at radius 2 is 2.11 bits per heavy atom. The van der Waals surface area contributed by atoms with Crippen LogP contribution in [0.3, 0.4) is 0 Å². The van der Waals surface area contributed by atoms with E-state index < -0.39 is 0 Å². The number of fused-ring (bicyclic) bond motifs is 1. The van der Waals surface area contributed by atoms with Gasteiger partial charge in [0, 0.05) is 0 Å². The topological polar surface area (TPSA) is 63.7 Å². The van der Waals surface area contributed by atoms with Gasteiger partial charge in [-0.1, -0.05) is 23.9 Å². The molecule has 5 nitrogen and oxygen atoms in total. The van der Waals surface area contributed by atoms with Crippen LogP contribution in [-0.4, -0.2) is 27.3 Å². The fourth-order valence-electron chi connectivity index (χ4n) is 1.67. The van der Waals surface area contributed by atoms with Crippen LogP contribution in [0.5, 0.6) is 5.75 Å². The fourth-order valence-corrected chi connectivity index (χ4v) is 2.88. The second-order valence-corrected chi connectivity index (χ2v) is 5.05. The molecule has 0 fully saturated rings. The second-order valence-electron chi connectivity index (χ2n) is 3.68. The zero-order valence-electron chi connectivity index (χ0n) is 9.92. The van der Waals surface area contributed by atoms with Crippen LogP contribution in [-0.2, 0) is 0 Å². The van der Waals surface area contributed by atoms with Crippen LogP contribution >= 0.6 is 23.4 Å². The van der Waals surface area contributed by atoms with E-state index in [1.165, 1.54) is 11.8 Å². The molecule has 0 aliphatic heterocycles. The van der Waals surface area contributed by atoms with E-state index in [4.69, 9.17) is 16.3 Å². The molecule has 0 amide bonds. The zero-order valence-corrected chi connectivity index (χ0v) is 11.5. The molecule has 1 aromatic carbocycles. The number of methoxy groups -OCH3 is 1. The number of hydrogen-bond acceptors (Lipinski definition) is 5. The van der Waals surface area contributed by atoms with Gasteiger partial charge in [0.1, 0.15) is 10.8 Å². The molecule has 96 valence electrons. The molecule has 0 spiro atoms. The summed E-state index contributed by atoms with van der Waals surface area (Å²) in [6.45, 7) is 0. The third-order valence-electron chi connectivity index (χ3n) is 2.52. The summed E-state index contributed by atoms with van der Waals surface area (Å²) in [6, 6.07) is 7.73. The van der Waals surface area contributed by atoms with Crippen molar-refractivity contribution < 1.29 is 4.74 Å². The molecular weight excluding hydrogens is 284 g/mol. The summed E-state index contributed by atoms with van der Waals surface area (Å²) in [5.74, 6) is 0.791. The van der Waals surface area contributed by atoms with E-state index >= 15 is 0 Å². The van der Waals surface area contributed by atoms with E-state index in [9.17, 15) is 0 Å². The summed E-state index contributed by atoms with van der Waals surface area (Å²) in [6.07, 6.45) is 1.68. The first-order chi connectivity index (χ1) is 9.28. The van der Waals surface area contributed by atoms with E-state index in [1.54, 1.807) is 13.3 Å². The average molecular weight is 293 g/mol. The lowest BCUT2D eigenvalue weighted by atomic mass is 10.3. The second kappa shape index (κ2) is 5.07. The lowest BCUT2D eigenvalue weighted by Crippen LogP contribution is -1.89. The Hall–Kier alpha value is -1.79. The number of halogens is 1. The minimum atomic E-state index is 0.189. The van der Waals surface area contributed by atoms with Gasteiger partial charge in [-0.15, -0.1) is 0 Å². The molecule has 2 aromatic heterocycles. The van der Waals surface area contributed by atoms with Crippen LogP contribution in [0.25, 0.3) is 11.0 Å². The Kier molecular flexibility index (Phi) is 3.27. The van der Waals surface area contributed by atoms with Gasteiger partial charge in [0.15, 0.2) is 5.65 Å². The minimum Gasteiger partial charge on any atom is -0.496 e. The Labute approximate surface area is 118 Å². The molecular formula is C12H9ClN4OS. The molecule has 0 saturated carbocycles. The summed E-state index contributed by atoms with van der Waals surface area (Å²) in [5.41, 5.74) is 0.623. The highest BCUT2D eigenvalue weighted by molar-refractivity contribution is 7.99. The Balaban J connectivity index is 2.07. The largest absolute Gasteiger partial charge is 0.496 e. The van der Waals surface area contributed by atoms with Crippen LogP contribution in [0.2, 0.25) is 5.28 Å². The van der Waals surface area contributed by atoms with Crippen molar-refractivity contribution in [2.75, 3.05) is 7.11 Å². The van der Waals surface area contributed by atoms with Crippen molar-refractivity contribution in [1.82, 2.24) is 20.2 Å². The first kappa shape index (κ1) is 12.3. The molecule has 0 bridgehead atoms. The maximum atomic E-state index is 5.91. The Bertz CT molecular complexity index is 731. The van der Waals surface area contributed by atoms with Gasteiger partial charge >= 0.3 is 0 Å². The number of benzene rings is 1. The van der Waals surface area contributed by atoms with Gasteiger partial charge in [-0.25, -0.2) is 4.98 Å². The standard InChI is InChI=1S/C12H9ClN4OS/c1-18-8-4-2-3-5-9(8)19-11-7-6-14-17-10(7)15-12(13)16-11/h2-6H,1H3,(H,14,15,16,17). The molecule has 3 rings (SSSR count). The molecule has 0 atom stereocenters. The third kappa shape index (κ3) is 2.36. The zero-order chi connectivity index (χ0) is 13.2. The smallest absolute Gasteiger partial charge is 0.225 e. The summed E-state index contributed by atoms with van der Waals surface area (Å²) >= 11 is 7.37. The van der Waals surface area contributed by atoms with Crippen LogP contribution in [0.4, 0.5) is 0 Å². The van der Waals surface area contributed by atoms with Gasteiger partial charge in [0.2, 0.25) is 5.28 Å². The molecule has 1 N–H and O–H groups in total. The van der Waals surface area contributed by atoms with E-state index in [0.29, 0.717) is 5.65 Å². The van der Waals surface area contributed by atoms with Crippen molar-refractivity contribution in [2.24, 2.45) is 0 Å². The quantitative estimate of drug-likeness (QED) is 0.593. The van der Waals surface area contributed by atoms with Crippen LogP contribution in [0, 0.1) is 0 Å². The maximum absolute atomic E-state index is 5.91. The van der Waals surface area contributed by atoms with Gasteiger partial charge in [0.25, 0.3) is 0 Å². The molecule has 2 heterocycles. The molecule has 19 heavy (non-hydrogen) atoms. The molecule has 0 saturated heterocycles. The first-order valence-corrected chi connectivity index (χ1v) is 6.65. The summed E-state index contributed by atoms with van der Waals surface area (Å²) in [5, 5.41) is 8.51. The van der Waals surface area contributed by atoms with Crippen LogP contribution in [0.1, 0.15) is 0 Å². The minimum absolute atomic E-state index is 0.189. The predicted octanol–water partition coefficient (Wildman–Crippen LogP) is 3.17. The van der Waals surface area contributed by atoms with Gasteiger partial charge in [-0.2, -0.15) is 10.1 Å².